The van der Waals surface area contributed by atoms with Crippen LogP contribution in [0.2, 0.25) is 0 Å². The van der Waals surface area contributed by atoms with Crippen LogP contribution in [-0.4, -0.2) is 42.2 Å². The van der Waals surface area contributed by atoms with E-state index in [1.165, 1.54) is 18.5 Å². The zero-order chi connectivity index (χ0) is 13.0. The predicted octanol–water partition coefficient (Wildman–Crippen LogP) is 1.66. The molecule has 1 atom stereocenters. The van der Waals surface area contributed by atoms with Crippen molar-refractivity contribution < 1.29 is 4.74 Å². The van der Waals surface area contributed by atoms with Crippen molar-refractivity contribution in [1.29, 1.82) is 0 Å². The largest absolute Gasteiger partial charge is 0.481 e. The van der Waals surface area contributed by atoms with Gasteiger partial charge in [0.25, 0.3) is 0 Å². The van der Waals surface area contributed by atoms with Gasteiger partial charge in [0.05, 0.1) is 7.11 Å². The fourth-order valence-corrected chi connectivity index (χ4v) is 2.36. The normalized spacial score (nSPS) is 20.6. The summed E-state index contributed by atoms with van der Waals surface area (Å²) in [6.07, 6.45) is 3.03. The van der Waals surface area contributed by atoms with E-state index in [4.69, 9.17) is 4.74 Å². The lowest BCUT2D eigenvalue weighted by molar-refractivity contribution is 0.268. The van der Waals surface area contributed by atoms with Crippen LogP contribution in [-0.2, 0) is 6.54 Å². The number of nitrogens with zero attached hydrogens (tertiary/aromatic N) is 2. The van der Waals surface area contributed by atoms with Gasteiger partial charge in [-0.2, -0.15) is 0 Å². The van der Waals surface area contributed by atoms with Crippen LogP contribution in [0, 0.1) is 0 Å². The summed E-state index contributed by atoms with van der Waals surface area (Å²) < 4.78 is 5.13. The highest BCUT2D eigenvalue weighted by molar-refractivity contribution is 5.20. The van der Waals surface area contributed by atoms with Gasteiger partial charge in [0, 0.05) is 37.4 Å². The number of nitrogens with one attached hydrogen (secondary N) is 1. The van der Waals surface area contributed by atoms with Crippen LogP contribution >= 0.6 is 0 Å². The predicted molar refractivity (Wildman–Crippen MR) is 72.7 cm³/mol. The fraction of sp³-hybridized carbons (Fsp3) is 0.643. The van der Waals surface area contributed by atoms with Gasteiger partial charge in [-0.25, -0.2) is 4.98 Å². The van der Waals surface area contributed by atoms with Gasteiger partial charge in [0.2, 0.25) is 5.88 Å². The molecule has 1 N–H and O–H groups in total. The summed E-state index contributed by atoms with van der Waals surface area (Å²) in [5, 5.41) is 3.61. The number of aromatic nitrogens is 1. The van der Waals surface area contributed by atoms with Gasteiger partial charge < -0.3 is 10.1 Å². The Hall–Kier alpha value is -1.13. The molecule has 1 aromatic heterocycles. The summed E-state index contributed by atoms with van der Waals surface area (Å²) in [4.78, 5) is 6.63. The Kier molecular flexibility index (Phi) is 4.55. The van der Waals surface area contributed by atoms with Gasteiger partial charge in [0.15, 0.2) is 0 Å². The zero-order valence-corrected chi connectivity index (χ0v) is 11.5. The molecule has 1 aromatic rings. The third-order valence-corrected chi connectivity index (χ3v) is 3.55. The molecular weight excluding hydrogens is 226 g/mol. The van der Waals surface area contributed by atoms with E-state index in [2.05, 4.69) is 29.0 Å². The first-order valence-electron chi connectivity index (χ1n) is 6.65. The maximum atomic E-state index is 5.13. The fourth-order valence-electron chi connectivity index (χ4n) is 2.36. The van der Waals surface area contributed by atoms with Crippen molar-refractivity contribution in [2.45, 2.75) is 38.9 Å². The second-order valence-electron chi connectivity index (χ2n) is 5.16. The number of methoxy groups -OCH3 is 1. The maximum absolute atomic E-state index is 5.13. The summed E-state index contributed by atoms with van der Waals surface area (Å²) >= 11 is 0. The lowest BCUT2D eigenvalue weighted by atomic mass is 10.2. The van der Waals surface area contributed by atoms with Crippen LogP contribution < -0.4 is 10.1 Å². The minimum Gasteiger partial charge on any atom is -0.481 e. The molecule has 0 bridgehead atoms. The van der Waals surface area contributed by atoms with Gasteiger partial charge >= 0.3 is 0 Å². The second-order valence-corrected chi connectivity index (χ2v) is 5.16. The maximum Gasteiger partial charge on any atom is 0.213 e. The average Bonchev–Trinajstić information content (AvgIpc) is 2.85. The van der Waals surface area contributed by atoms with E-state index in [1.807, 2.05) is 12.1 Å². The molecule has 0 aliphatic carbocycles. The van der Waals surface area contributed by atoms with Crippen LogP contribution in [0.15, 0.2) is 18.3 Å². The second kappa shape index (κ2) is 6.16. The Morgan fingerprint density at radius 1 is 1.56 bits per heavy atom. The zero-order valence-electron chi connectivity index (χ0n) is 11.5. The van der Waals surface area contributed by atoms with Crippen molar-refractivity contribution in [3.05, 3.63) is 23.9 Å². The van der Waals surface area contributed by atoms with E-state index in [0.717, 1.165) is 13.1 Å². The Morgan fingerprint density at radius 2 is 2.39 bits per heavy atom. The van der Waals surface area contributed by atoms with Crippen molar-refractivity contribution >= 4 is 0 Å². The van der Waals surface area contributed by atoms with Crippen LogP contribution in [0.3, 0.4) is 0 Å². The Balaban J connectivity index is 1.81. The van der Waals surface area contributed by atoms with Crippen molar-refractivity contribution in [1.82, 2.24) is 15.2 Å². The first-order chi connectivity index (χ1) is 8.69. The summed E-state index contributed by atoms with van der Waals surface area (Å²) in [5.74, 6) is 0.685. The van der Waals surface area contributed by atoms with Crippen LogP contribution in [0.5, 0.6) is 5.88 Å². The Morgan fingerprint density at radius 3 is 3.06 bits per heavy atom. The van der Waals surface area contributed by atoms with Crippen LogP contribution in [0.1, 0.15) is 25.8 Å². The monoisotopic (exact) mass is 249 g/mol. The number of likely N-dealkylation sites (tertiary alicyclic amines) is 1. The Bertz CT molecular complexity index is 381. The lowest BCUT2D eigenvalue weighted by Gasteiger charge is -2.20. The molecule has 2 heterocycles. The third-order valence-electron chi connectivity index (χ3n) is 3.55. The Labute approximate surface area is 109 Å². The van der Waals surface area contributed by atoms with Crippen molar-refractivity contribution in [3.8, 4) is 5.88 Å². The highest BCUT2D eigenvalue weighted by Gasteiger charge is 2.23. The topological polar surface area (TPSA) is 37.4 Å². The van der Waals surface area contributed by atoms with Gasteiger partial charge in [0.1, 0.15) is 0 Å². The van der Waals surface area contributed by atoms with E-state index in [0.29, 0.717) is 18.0 Å². The molecule has 1 aliphatic rings. The lowest BCUT2D eigenvalue weighted by Crippen LogP contribution is -2.34. The van der Waals surface area contributed by atoms with Crippen molar-refractivity contribution in [2.75, 3.05) is 20.2 Å². The highest BCUT2D eigenvalue weighted by atomic mass is 16.5. The summed E-state index contributed by atoms with van der Waals surface area (Å²) in [6.45, 7) is 7.76. The van der Waals surface area contributed by atoms with Gasteiger partial charge in [-0.05, 0) is 38.4 Å². The van der Waals surface area contributed by atoms with Crippen molar-refractivity contribution in [2.24, 2.45) is 0 Å². The highest BCUT2D eigenvalue weighted by Crippen LogP contribution is 2.14. The average molecular weight is 249 g/mol. The van der Waals surface area contributed by atoms with Gasteiger partial charge in [-0.15, -0.1) is 0 Å². The standard InChI is InChI=1S/C14H23N3O/c1-11(2)17-7-5-13(10-17)16-9-12-4-6-15-14(8-12)18-3/h4,6,8,11,13,16H,5,7,9-10H2,1-3H3. The number of hydrogen-bond acceptors (Lipinski definition) is 4. The molecule has 18 heavy (non-hydrogen) atoms. The summed E-state index contributed by atoms with van der Waals surface area (Å²) in [7, 11) is 1.65. The molecule has 0 radical (unpaired) electrons. The number of pyridine rings is 1. The number of rotatable bonds is 5. The minimum absolute atomic E-state index is 0.603. The summed E-state index contributed by atoms with van der Waals surface area (Å²) in [6, 6.07) is 5.27. The quantitative estimate of drug-likeness (QED) is 0.861. The van der Waals surface area contributed by atoms with Crippen LogP contribution in [0.4, 0.5) is 0 Å². The van der Waals surface area contributed by atoms with Gasteiger partial charge in [-0.1, -0.05) is 0 Å². The minimum atomic E-state index is 0.603. The molecule has 4 nitrogen and oxygen atoms in total. The first kappa shape index (κ1) is 13.3. The molecular formula is C14H23N3O. The molecule has 0 amide bonds. The first-order valence-corrected chi connectivity index (χ1v) is 6.65. The molecule has 1 fully saturated rings. The summed E-state index contributed by atoms with van der Waals surface area (Å²) in [5.41, 5.74) is 1.23. The molecule has 0 spiro atoms. The molecule has 2 rings (SSSR count). The number of hydrogen-bond donors (Lipinski definition) is 1. The van der Waals surface area contributed by atoms with E-state index in [-0.39, 0.29) is 0 Å². The molecule has 1 saturated heterocycles. The molecule has 100 valence electrons. The molecule has 0 aromatic carbocycles. The molecule has 4 heteroatoms. The van der Waals surface area contributed by atoms with E-state index in [9.17, 15) is 0 Å². The van der Waals surface area contributed by atoms with E-state index < -0.39 is 0 Å². The smallest absolute Gasteiger partial charge is 0.213 e. The van der Waals surface area contributed by atoms with E-state index in [1.54, 1.807) is 13.3 Å². The van der Waals surface area contributed by atoms with Crippen LogP contribution in [0.25, 0.3) is 0 Å². The molecule has 0 saturated carbocycles. The third kappa shape index (κ3) is 3.43. The molecule has 1 aliphatic heterocycles. The molecule has 1 unspecified atom stereocenters. The van der Waals surface area contributed by atoms with Crippen molar-refractivity contribution in [3.63, 3.8) is 0 Å². The van der Waals surface area contributed by atoms with E-state index >= 15 is 0 Å². The SMILES string of the molecule is COc1cc(CNC2CCN(C(C)C)C2)ccn1. The number of ether oxygens (including phenoxy) is 1. The van der Waals surface area contributed by atoms with Gasteiger partial charge in [-0.3, -0.25) is 4.90 Å².